The van der Waals surface area contributed by atoms with Crippen molar-refractivity contribution < 1.29 is 4.74 Å². The Kier molecular flexibility index (Phi) is 4.48. The predicted octanol–water partition coefficient (Wildman–Crippen LogP) is 3.36. The van der Waals surface area contributed by atoms with E-state index in [-0.39, 0.29) is 0 Å². The second-order valence-corrected chi connectivity index (χ2v) is 6.58. The minimum absolute atomic E-state index is 0.399. The van der Waals surface area contributed by atoms with Gasteiger partial charge in [-0.15, -0.1) is 0 Å². The smallest absolute Gasteiger partial charge is 0.0733 e. The van der Waals surface area contributed by atoms with Gasteiger partial charge in [0.2, 0.25) is 0 Å². The summed E-state index contributed by atoms with van der Waals surface area (Å²) < 4.78 is 6.23. The molecular formula is C15H29NO. The SMILES string of the molecule is CCNC1C(OCC2CCCC2)CCC1(C)C. The van der Waals surface area contributed by atoms with Crippen LogP contribution in [0.1, 0.15) is 59.3 Å². The van der Waals surface area contributed by atoms with E-state index in [1.165, 1.54) is 38.5 Å². The summed E-state index contributed by atoms with van der Waals surface area (Å²) in [4.78, 5) is 0. The molecule has 2 saturated carbocycles. The van der Waals surface area contributed by atoms with Gasteiger partial charge >= 0.3 is 0 Å². The van der Waals surface area contributed by atoms with Crippen molar-refractivity contribution in [2.45, 2.75) is 71.4 Å². The van der Waals surface area contributed by atoms with Crippen molar-refractivity contribution in [1.82, 2.24) is 5.32 Å². The maximum absolute atomic E-state index is 6.23. The van der Waals surface area contributed by atoms with Crippen molar-refractivity contribution in [2.24, 2.45) is 11.3 Å². The van der Waals surface area contributed by atoms with E-state index in [9.17, 15) is 0 Å². The number of rotatable bonds is 5. The summed E-state index contributed by atoms with van der Waals surface area (Å²) in [5.41, 5.74) is 0.399. The summed E-state index contributed by atoms with van der Waals surface area (Å²) in [6.07, 6.45) is 8.59. The van der Waals surface area contributed by atoms with Crippen molar-refractivity contribution >= 4 is 0 Å². The minimum atomic E-state index is 0.399. The average molecular weight is 239 g/mol. The molecule has 0 aromatic carbocycles. The molecule has 17 heavy (non-hydrogen) atoms. The molecule has 0 amide bonds. The van der Waals surface area contributed by atoms with E-state index < -0.39 is 0 Å². The summed E-state index contributed by atoms with van der Waals surface area (Å²) >= 11 is 0. The first-order valence-corrected chi connectivity index (χ1v) is 7.48. The Morgan fingerprint density at radius 3 is 2.53 bits per heavy atom. The van der Waals surface area contributed by atoms with Crippen LogP contribution < -0.4 is 5.32 Å². The molecule has 2 unspecified atom stereocenters. The van der Waals surface area contributed by atoms with Crippen molar-refractivity contribution in [3.8, 4) is 0 Å². The maximum Gasteiger partial charge on any atom is 0.0733 e. The molecule has 2 aliphatic rings. The Bertz CT molecular complexity index is 233. The lowest BCUT2D eigenvalue weighted by molar-refractivity contribution is 0.00840. The van der Waals surface area contributed by atoms with Crippen LogP contribution in [0.2, 0.25) is 0 Å². The summed E-state index contributed by atoms with van der Waals surface area (Å²) in [5.74, 6) is 0.848. The van der Waals surface area contributed by atoms with Gasteiger partial charge in [-0.3, -0.25) is 0 Å². The van der Waals surface area contributed by atoms with Crippen LogP contribution in [-0.4, -0.2) is 25.3 Å². The third-order valence-electron chi connectivity index (χ3n) is 4.73. The third-order valence-corrected chi connectivity index (χ3v) is 4.73. The molecule has 0 bridgehead atoms. The zero-order valence-corrected chi connectivity index (χ0v) is 11.8. The standard InChI is InChI=1S/C15H29NO/c1-4-16-14-13(9-10-15(14,2)3)17-11-12-7-5-6-8-12/h12-14,16H,4-11H2,1-3H3. The van der Waals surface area contributed by atoms with Crippen molar-refractivity contribution in [1.29, 1.82) is 0 Å². The molecule has 0 radical (unpaired) electrons. The second-order valence-electron chi connectivity index (χ2n) is 6.58. The Morgan fingerprint density at radius 2 is 1.88 bits per heavy atom. The average Bonchev–Trinajstić information content (AvgIpc) is 2.87. The second kappa shape index (κ2) is 5.71. The highest BCUT2D eigenvalue weighted by molar-refractivity contribution is 4.97. The van der Waals surface area contributed by atoms with E-state index in [2.05, 4.69) is 26.1 Å². The first-order chi connectivity index (χ1) is 8.13. The third kappa shape index (κ3) is 3.23. The van der Waals surface area contributed by atoms with Gasteiger partial charge in [-0.25, -0.2) is 0 Å². The molecule has 2 aliphatic carbocycles. The topological polar surface area (TPSA) is 21.3 Å². The van der Waals surface area contributed by atoms with Gasteiger partial charge in [0.05, 0.1) is 6.10 Å². The van der Waals surface area contributed by atoms with E-state index in [1.807, 2.05) is 0 Å². The minimum Gasteiger partial charge on any atom is -0.376 e. The van der Waals surface area contributed by atoms with Crippen LogP contribution in [0.4, 0.5) is 0 Å². The number of ether oxygens (including phenoxy) is 1. The van der Waals surface area contributed by atoms with Gasteiger partial charge in [0.15, 0.2) is 0 Å². The fraction of sp³-hybridized carbons (Fsp3) is 1.00. The highest BCUT2D eigenvalue weighted by Gasteiger charge is 2.42. The number of hydrogen-bond donors (Lipinski definition) is 1. The lowest BCUT2D eigenvalue weighted by Crippen LogP contribution is -2.45. The zero-order valence-electron chi connectivity index (χ0n) is 11.8. The first kappa shape index (κ1) is 13.4. The van der Waals surface area contributed by atoms with Crippen molar-refractivity contribution in [3.05, 3.63) is 0 Å². The predicted molar refractivity (Wildman–Crippen MR) is 72.2 cm³/mol. The largest absolute Gasteiger partial charge is 0.376 e. The van der Waals surface area contributed by atoms with Gasteiger partial charge in [-0.2, -0.15) is 0 Å². The zero-order chi connectivity index (χ0) is 12.3. The molecule has 2 rings (SSSR count). The van der Waals surface area contributed by atoms with Crippen LogP contribution in [0.5, 0.6) is 0 Å². The molecule has 100 valence electrons. The number of nitrogens with one attached hydrogen (secondary N) is 1. The maximum atomic E-state index is 6.23. The van der Waals surface area contributed by atoms with Crippen LogP contribution in [0.15, 0.2) is 0 Å². The normalized spacial score (nSPS) is 33.4. The van der Waals surface area contributed by atoms with Crippen molar-refractivity contribution in [3.63, 3.8) is 0 Å². The van der Waals surface area contributed by atoms with Gasteiger partial charge in [0.25, 0.3) is 0 Å². The van der Waals surface area contributed by atoms with Crippen molar-refractivity contribution in [2.75, 3.05) is 13.2 Å². The first-order valence-electron chi connectivity index (χ1n) is 7.48. The van der Waals surface area contributed by atoms with Gasteiger partial charge < -0.3 is 10.1 Å². The fourth-order valence-electron chi connectivity index (χ4n) is 3.58. The van der Waals surface area contributed by atoms with E-state index >= 15 is 0 Å². The van der Waals surface area contributed by atoms with E-state index in [0.29, 0.717) is 17.6 Å². The van der Waals surface area contributed by atoms with E-state index in [1.54, 1.807) is 0 Å². The Morgan fingerprint density at radius 1 is 1.18 bits per heavy atom. The number of hydrogen-bond acceptors (Lipinski definition) is 2. The molecule has 0 saturated heterocycles. The molecule has 1 N–H and O–H groups in total. The highest BCUT2D eigenvalue weighted by atomic mass is 16.5. The summed E-state index contributed by atoms with van der Waals surface area (Å²) in [5, 5.41) is 3.64. The van der Waals surface area contributed by atoms with Gasteiger partial charge in [-0.1, -0.05) is 33.6 Å². The molecule has 2 fully saturated rings. The Hall–Kier alpha value is -0.0800. The lowest BCUT2D eigenvalue weighted by atomic mass is 9.87. The molecule has 0 spiro atoms. The fourth-order valence-corrected chi connectivity index (χ4v) is 3.58. The van der Waals surface area contributed by atoms with Crippen LogP contribution >= 0.6 is 0 Å². The summed E-state index contributed by atoms with van der Waals surface area (Å²) in [7, 11) is 0. The van der Waals surface area contributed by atoms with Crippen LogP contribution in [-0.2, 0) is 4.74 Å². The van der Waals surface area contributed by atoms with E-state index in [0.717, 1.165) is 19.1 Å². The highest BCUT2D eigenvalue weighted by Crippen LogP contribution is 2.39. The van der Waals surface area contributed by atoms with Crippen LogP contribution in [0, 0.1) is 11.3 Å². The summed E-state index contributed by atoms with van der Waals surface area (Å²) in [6, 6.07) is 0.550. The number of likely N-dealkylation sites (N-methyl/N-ethyl adjacent to an activating group) is 1. The lowest BCUT2D eigenvalue weighted by Gasteiger charge is -2.31. The Labute approximate surface area is 107 Å². The molecule has 0 aliphatic heterocycles. The van der Waals surface area contributed by atoms with Crippen LogP contribution in [0.3, 0.4) is 0 Å². The molecule has 0 heterocycles. The Balaban J connectivity index is 1.82. The van der Waals surface area contributed by atoms with Gasteiger partial charge in [0, 0.05) is 12.6 Å². The molecule has 2 nitrogen and oxygen atoms in total. The van der Waals surface area contributed by atoms with Crippen LogP contribution in [0.25, 0.3) is 0 Å². The van der Waals surface area contributed by atoms with E-state index in [4.69, 9.17) is 4.74 Å². The molecular weight excluding hydrogens is 210 g/mol. The quantitative estimate of drug-likeness (QED) is 0.794. The molecule has 2 heteroatoms. The monoisotopic (exact) mass is 239 g/mol. The molecule has 2 atom stereocenters. The molecule has 0 aromatic heterocycles. The van der Waals surface area contributed by atoms with Gasteiger partial charge in [0.1, 0.15) is 0 Å². The summed E-state index contributed by atoms with van der Waals surface area (Å²) in [6.45, 7) is 9.00. The molecule has 0 aromatic rings. The van der Waals surface area contributed by atoms with Gasteiger partial charge in [-0.05, 0) is 43.6 Å².